The second-order valence-electron chi connectivity index (χ2n) is 0.101. The van der Waals surface area contributed by atoms with Gasteiger partial charge in [0.05, 0.1) is 0 Å². The Bertz CT molecular complexity index is 6.00. The summed E-state index contributed by atoms with van der Waals surface area (Å²) in [5.74, 6) is 0. The summed E-state index contributed by atoms with van der Waals surface area (Å²) in [6, 6.07) is 0. The van der Waals surface area contributed by atoms with Gasteiger partial charge in [-0.15, -0.1) is 0 Å². The largest absolute Gasteiger partial charge is 0.222 e. The topological polar surface area (TPSA) is 0 Å². The van der Waals surface area contributed by atoms with Gasteiger partial charge in [-0.05, 0) is 0 Å². The second kappa shape index (κ2) is 8.82. The van der Waals surface area contributed by atoms with Crippen LogP contribution in [0.2, 0.25) is 0 Å². The van der Waals surface area contributed by atoms with Crippen LogP contribution in [-0.2, 0) is 21.1 Å². The van der Waals surface area contributed by atoms with Crippen LogP contribution < -0.4 is 0 Å². The Labute approximate surface area is 51.4 Å². The second-order valence-corrected chi connectivity index (χ2v) is 2.73. The van der Waals surface area contributed by atoms with Crippen LogP contribution in [0.5, 0.6) is 0 Å². The van der Waals surface area contributed by atoms with Crippen molar-refractivity contribution in [2.24, 2.45) is 0 Å². The standard InChI is InChI=1S/Cl2H2Si.W/c1-3-2;/h3H2;. The van der Waals surface area contributed by atoms with Crippen LogP contribution in [0.25, 0.3) is 0 Å². The zero-order valence-corrected chi connectivity index (χ0v) is 7.73. The van der Waals surface area contributed by atoms with E-state index in [0.717, 1.165) is 0 Å². The maximum Gasteiger partial charge on any atom is 0.222 e. The molecule has 0 aromatic rings. The van der Waals surface area contributed by atoms with Gasteiger partial charge >= 0.3 is 0 Å². The number of halogens is 2. The molecule has 0 aliphatic heterocycles. The van der Waals surface area contributed by atoms with Gasteiger partial charge in [-0.1, -0.05) is 0 Å². The van der Waals surface area contributed by atoms with E-state index in [1.165, 1.54) is 0 Å². The molecule has 0 nitrogen and oxygen atoms in total. The van der Waals surface area contributed by atoms with Gasteiger partial charge in [-0.25, -0.2) is 0 Å². The summed E-state index contributed by atoms with van der Waals surface area (Å²) in [5, 5.41) is 0. The minimum absolute atomic E-state index is 0. The maximum absolute atomic E-state index is 4.90. The van der Waals surface area contributed by atoms with E-state index >= 15 is 0 Å². The zero-order chi connectivity index (χ0) is 2.71. The molecular formula is H2Cl2SiW. The van der Waals surface area contributed by atoms with Crippen LogP contribution in [0.1, 0.15) is 0 Å². The van der Waals surface area contributed by atoms with Crippen molar-refractivity contribution in [2.45, 2.75) is 0 Å². The molecule has 4 heavy (non-hydrogen) atoms. The first-order valence-electron chi connectivity index (χ1n) is 0.535. The van der Waals surface area contributed by atoms with Crippen molar-refractivity contribution in [1.82, 2.24) is 0 Å². The molecule has 0 amide bonds. The van der Waals surface area contributed by atoms with Crippen molar-refractivity contribution in [2.75, 3.05) is 0 Å². The molecular weight excluding hydrogens is 283 g/mol. The van der Waals surface area contributed by atoms with Gasteiger partial charge in [-0.2, -0.15) is 22.2 Å². The molecule has 26 valence electrons. The Morgan fingerprint density at radius 1 is 1.25 bits per heavy atom. The molecule has 0 N–H and O–H groups in total. The van der Waals surface area contributed by atoms with Crippen molar-refractivity contribution in [3.8, 4) is 0 Å². The molecule has 0 radical (unpaired) electrons. The Balaban J connectivity index is 0. The third-order valence-corrected chi connectivity index (χ3v) is 0. The summed E-state index contributed by atoms with van der Waals surface area (Å²) in [5.41, 5.74) is 0. The van der Waals surface area contributed by atoms with Crippen molar-refractivity contribution in [3.05, 3.63) is 0 Å². The molecule has 0 aliphatic carbocycles. The van der Waals surface area contributed by atoms with Gasteiger partial charge in [0.25, 0.3) is 0 Å². The predicted octanol–water partition coefficient (Wildman–Crippen LogP) is 0.460. The molecule has 4 heteroatoms. The van der Waals surface area contributed by atoms with Crippen LogP contribution in [0.3, 0.4) is 0 Å². The number of hydrogen-bond acceptors (Lipinski definition) is 0. The van der Waals surface area contributed by atoms with E-state index in [2.05, 4.69) is 0 Å². The third kappa shape index (κ3) is 9.76. The van der Waals surface area contributed by atoms with E-state index in [4.69, 9.17) is 22.2 Å². The van der Waals surface area contributed by atoms with E-state index in [9.17, 15) is 0 Å². The molecule has 0 saturated carbocycles. The molecule has 0 fully saturated rings. The minimum Gasteiger partial charge on any atom is -0.155 e. The van der Waals surface area contributed by atoms with Crippen LogP contribution >= 0.6 is 22.2 Å². The fourth-order valence-electron chi connectivity index (χ4n) is 0. The van der Waals surface area contributed by atoms with Gasteiger partial charge in [0.15, 0.2) is 0 Å². The summed E-state index contributed by atoms with van der Waals surface area (Å²) in [6.45, 7) is 0. The smallest absolute Gasteiger partial charge is 0.155 e. The van der Waals surface area contributed by atoms with Gasteiger partial charge in [0.2, 0.25) is 8.14 Å². The Morgan fingerprint density at radius 2 is 1.25 bits per heavy atom. The monoisotopic (exact) mass is 284 g/mol. The average molecular weight is 285 g/mol. The van der Waals surface area contributed by atoms with Crippen LogP contribution in [0.15, 0.2) is 0 Å². The maximum atomic E-state index is 4.90. The molecule has 0 aromatic heterocycles. The Morgan fingerprint density at radius 3 is 1.25 bits per heavy atom. The average Bonchev–Trinajstić information content (AvgIpc) is 0.918. The molecule has 0 spiro atoms. The fourth-order valence-corrected chi connectivity index (χ4v) is 0. The first-order valence-corrected chi connectivity index (χ1v) is 4.81. The van der Waals surface area contributed by atoms with E-state index < -0.39 is 8.14 Å². The zero-order valence-electron chi connectivity index (χ0n) is 1.87. The van der Waals surface area contributed by atoms with Crippen LogP contribution in [0, 0.1) is 0 Å². The first kappa shape index (κ1) is 9.08. The Kier molecular flexibility index (Phi) is 20.0. The van der Waals surface area contributed by atoms with Gasteiger partial charge in [0, 0.05) is 21.1 Å². The summed E-state index contributed by atoms with van der Waals surface area (Å²) in [6.07, 6.45) is 0. The van der Waals surface area contributed by atoms with E-state index in [0.29, 0.717) is 0 Å². The molecule has 0 heterocycles. The van der Waals surface area contributed by atoms with Gasteiger partial charge in [-0.3, -0.25) is 0 Å². The normalized spacial score (nSPS) is 4.50. The van der Waals surface area contributed by atoms with Crippen molar-refractivity contribution in [3.63, 3.8) is 0 Å². The number of rotatable bonds is 0. The van der Waals surface area contributed by atoms with Crippen molar-refractivity contribution < 1.29 is 21.1 Å². The fraction of sp³-hybridized carbons (Fsp3) is 0. The van der Waals surface area contributed by atoms with Gasteiger partial charge < -0.3 is 0 Å². The first-order chi connectivity index (χ1) is 1.41. The molecule has 0 unspecified atom stereocenters. The molecule has 0 aromatic carbocycles. The quantitative estimate of drug-likeness (QED) is 0.448. The van der Waals surface area contributed by atoms with E-state index in [1.54, 1.807) is 0 Å². The molecule has 0 rings (SSSR count). The van der Waals surface area contributed by atoms with Crippen molar-refractivity contribution >= 4 is 30.3 Å². The van der Waals surface area contributed by atoms with Gasteiger partial charge in [0.1, 0.15) is 0 Å². The van der Waals surface area contributed by atoms with E-state index in [1.807, 2.05) is 0 Å². The summed E-state index contributed by atoms with van der Waals surface area (Å²) < 4.78 is 0. The van der Waals surface area contributed by atoms with E-state index in [-0.39, 0.29) is 21.1 Å². The Hall–Kier alpha value is 1.49. The number of hydrogen-bond donors (Lipinski definition) is 0. The molecule has 0 atom stereocenters. The predicted molar refractivity (Wildman–Crippen MR) is 20.2 cm³/mol. The molecule has 0 saturated heterocycles. The van der Waals surface area contributed by atoms with Crippen LogP contribution in [0.4, 0.5) is 0 Å². The summed E-state index contributed by atoms with van der Waals surface area (Å²) in [7, 11) is -0.639. The molecule has 0 bridgehead atoms. The SMILES string of the molecule is Cl[SiH2]Cl.[W]. The molecule has 0 aliphatic rings. The summed E-state index contributed by atoms with van der Waals surface area (Å²) in [4.78, 5) is 0. The minimum atomic E-state index is -0.639. The van der Waals surface area contributed by atoms with Crippen molar-refractivity contribution in [1.29, 1.82) is 0 Å². The summed E-state index contributed by atoms with van der Waals surface area (Å²) >= 11 is 9.81. The van der Waals surface area contributed by atoms with Crippen LogP contribution in [-0.4, -0.2) is 8.14 Å². The third-order valence-electron chi connectivity index (χ3n) is 0.